The number of nitrogens with one attached hydrogen (secondary N) is 1. The summed E-state index contributed by atoms with van der Waals surface area (Å²) in [5.41, 5.74) is 4.61. The molecule has 178 valence electrons. The fraction of sp³-hybridized carbons (Fsp3) is 0.423. The average Bonchev–Trinajstić information content (AvgIpc) is 3.53. The normalized spacial score (nSPS) is 25.6. The molecule has 3 aliphatic rings. The standard InChI is InChI=1S/C26H28N2O6/c29-17-12-23(25(31)32)28(13-17)24(30)15-9-10-16(11-15)27-26(33)34-14-22-20-7-3-1-5-18(20)19-6-2-4-8-21(19)22/h1-8,15-17,22-23,29H,9-14H2,(H,27,33)(H,31,32)/t15-,16+,17-,23+/m1/s1. The van der Waals surface area contributed by atoms with E-state index in [4.69, 9.17) is 4.74 Å². The zero-order valence-corrected chi connectivity index (χ0v) is 18.7. The predicted octanol–water partition coefficient (Wildman–Crippen LogP) is 2.74. The summed E-state index contributed by atoms with van der Waals surface area (Å²) in [5, 5.41) is 22.1. The first kappa shape index (κ1) is 22.4. The van der Waals surface area contributed by atoms with Crippen LogP contribution in [-0.4, -0.2) is 64.4 Å². The maximum absolute atomic E-state index is 12.9. The summed E-state index contributed by atoms with van der Waals surface area (Å²) >= 11 is 0. The third-order valence-corrected chi connectivity index (χ3v) is 7.29. The lowest BCUT2D eigenvalue weighted by molar-refractivity contribution is -0.149. The summed E-state index contributed by atoms with van der Waals surface area (Å²) in [5.74, 6) is -1.76. The molecular weight excluding hydrogens is 436 g/mol. The summed E-state index contributed by atoms with van der Waals surface area (Å²) in [7, 11) is 0. The molecule has 0 bridgehead atoms. The molecule has 2 aromatic carbocycles. The van der Waals surface area contributed by atoms with Gasteiger partial charge in [0.15, 0.2) is 0 Å². The summed E-state index contributed by atoms with van der Waals surface area (Å²) < 4.78 is 5.60. The molecule has 8 heteroatoms. The molecule has 4 atom stereocenters. The molecule has 2 amide bonds. The number of hydrogen-bond donors (Lipinski definition) is 3. The summed E-state index contributed by atoms with van der Waals surface area (Å²) in [6, 6.07) is 15.1. The largest absolute Gasteiger partial charge is 0.480 e. The number of carbonyl (C=O) groups excluding carboxylic acids is 2. The molecule has 2 aromatic rings. The molecule has 0 radical (unpaired) electrons. The number of benzene rings is 2. The van der Waals surface area contributed by atoms with E-state index in [9.17, 15) is 24.6 Å². The van der Waals surface area contributed by atoms with Crippen molar-refractivity contribution in [2.75, 3.05) is 13.2 Å². The number of likely N-dealkylation sites (tertiary alicyclic amines) is 1. The number of ether oxygens (including phenoxy) is 1. The minimum absolute atomic E-state index is 0.0226. The van der Waals surface area contributed by atoms with Gasteiger partial charge in [-0.05, 0) is 41.5 Å². The number of aliphatic carboxylic acids is 1. The van der Waals surface area contributed by atoms with Crippen LogP contribution in [0.3, 0.4) is 0 Å². The summed E-state index contributed by atoms with van der Waals surface area (Å²) in [6.45, 7) is 0.262. The highest BCUT2D eigenvalue weighted by atomic mass is 16.5. The van der Waals surface area contributed by atoms with Crippen LogP contribution in [0.15, 0.2) is 48.5 Å². The van der Waals surface area contributed by atoms with Gasteiger partial charge in [-0.1, -0.05) is 48.5 Å². The van der Waals surface area contributed by atoms with Crippen molar-refractivity contribution in [1.82, 2.24) is 10.2 Å². The van der Waals surface area contributed by atoms with Crippen LogP contribution in [0.1, 0.15) is 42.7 Å². The maximum Gasteiger partial charge on any atom is 0.407 e. The van der Waals surface area contributed by atoms with Crippen molar-refractivity contribution in [3.63, 3.8) is 0 Å². The molecule has 5 rings (SSSR count). The van der Waals surface area contributed by atoms with Crippen molar-refractivity contribution in [3.05, 3.63) is 59.7 Å². The minimum atomic E-state index is -1.10. The lowest BCUT2D eigenvalue weighted by Crippen LogP contribution is -2.43. The first-order chi connectivity index (χ1) is 16.4. The molecule has 34 heavy (non-hydrogen) atoms. The van der Waals surface area contributed by atoms with Gasteiger partial charge in [0.2, 0.25) is 5.91 Å². The van der Waals surface area contributed by atoms with Crippen LogP contribution in [0.2, 0.25) is 0 Å². The van der Waals surface area contributed by atoms with Crippen LogP contribution >= 0.6 is 0 Å². The molecule has 2 fully saturated rings. The highest BCUT2D eigenvalue weighted by Crippen LogP contribution is 2.44. The Hall–Kier alpha value is -3.39. The van der Waals surface area contributed by atoms with Crippen molar-refractivity contribution in [2.45, 2.75) is 49.8 Å². The van der Waals surface area contributed by atoms with Crippen LogP contribution in [-0.2, 0) is 14.3 Å². The SMILES string of the molecule is O=C(N[C@H]1CC[C@@H](C(=O)N2C[C@H](O)C[C@H]2C(=O)O)C1)OCC1c2ccccc2-c2ccccc21. The van der Waals surface area contributed by atoms with Gasteiger partial charge in [0.25, 0.3) is 0 Å². The Kier molecular flexibility index (Phi) is 6.00. The van der Waals surface area contributed by atoms with E-state index >= 15 is 0 Å². The number of nitrogens with zero attached hydrogens (tertiary/aromatic N) is 1. The van der Waals surface area contributed by atoms with E-state index in [0.717, 1.165) is 22.3 Å². The van der Waals surface area contributed by atoms with E-state index in [2.05, 4.69) is 29.6 Å². The van der Waals surface area contributed by atoms with E-state index < -0.39 is 24.2 Å². The van der Waals surface area contributed by atoms with E-state index in [1.807, 2.05) is 24.3 Å². The highest BCUT2D eigenvalue weighted by Gasteiger charge is 2.43. The van der Waals surface area contributed by atoms with Crippen LogP contribution in [0.4, 0.5) is 4.79 Å². The Morgan fingerprint density at radius 3 is 2.26 bits per heavy atom. The monoisotopic (exact) mass is 464 g/mol. The molecule has 0 spiro atoms. The molecule has 3 N–H and O–H groups in total. The Morgan fingerprint density at radius 2 is 1.62 bits per heavy atom. The Balaban J connectivity index is 1.16. The predicted molar refractivity (Wildman–Crippen MR) is 123 cm³/mol. The second-order valence-electron chi connectivity index (χ2n) is 9.41. The topological polar surface area (TPSA) is 116 Å². The van der Waals surface area contributed by atoms with Crippen molar-refractivity contribution in [3.8, 4) is 11.1 Å². The number of aliphatic hydroxyl groups is 1. The molecule has 1 heterocycles. The molecule has 2 aliphatic carbocycles. The zero-order chi connectivity index (χ0) is 23.8. The van der Waals surface area contributed by atoms with Crippen molar-refractivity contribution in [2.24, 2.45) is 5.92 Å². The van der Waals surface area contributed by atoms with Crippen LogP contribution < -0.4 is 5.32 Å². The number of carboxylic acid groups (broad SMARTS) is 1. The number of carbonyl (C=O) groups is 3. The van der Waals surface area contributed by atoms with Gasteiger partial charge in [-0.2, -0.15) is 0 Å². The lowest BCUT2D eigenvalue weighted by atomic mass is 9.98. The van der Waals surface area contributed by atoms with Crippen molar-refractivity contribution >= 4 is 18.0 Å². The van der Waals surface area contributed by atoms with Crippen LogP contribution in [0.25, 0.3) is 11.1 Å². The number of aliphatic hydroxyl groups excluding tert-OH is 1. The van der Waals surface area contributed by atoms with Gasteiger partial charge in [0.1, 0.15) is 12.6 Å². The Morgan fingerprint density at radius 1 is 0.971 bits per heavy atom. The second kappa shape index (κ2) is 9.10. The number of carboxylic acids is 1. The van der Waals surface area contributed by atoms with E-state index in [1.54, 1.807) is 0 Å². The third kappa shape index (κ3) is 4.14. The van der Waals surface area contributed by atoms with Crippen molar-refractivity contribution in [1.29, 1.82) is 0 Å². The molecule has 0 aromatic heterocycles. The fourth-order valence-corrected chi connectivity index (χ4v) is 5.67. The highest BCUT2D eigenvalue weighted by molar-refractivity contribution is 5.86. The van der Waals surface area contributed by atoms with Gasteiger partial charge in [-0.3, -0.25) is 4.79 Å². The summed E-state index contributed by atoms with van der Waals surface area (Å²) in [6.07, 6.45) is 0.332. The zero-order valence-electron chi connectivity index (χ0n) is 18.7. The van der Waals surface area contributed by atoms with Gasteiger partial charge in [-0.15, -0.1) is 0 Å². The average molecular weight is 465 g/mol. The number of amides is 2. The van der Waals surface area contributed by atoms with Gasteiger partial charge in [-0.25, -0.2) is 9.59 Å². The van der Waals surface area contributed by atoms with E-state index in [0.29, 0.717) is 19.3 Å². The molecule has 1 saturated heterocycles. The Bertz CT molecular complexity index is 1070. The van der Waals surface area contributed by atoms with Crippen LogP contribution in [0.5, 0.6) is 0 Å². The second-order valence-corrected chi connectivity index (χ2v) is 9.41. The first-order valence-electron chi connectivity index (χ1n) is 11.7. The number of alkyl carbamates (subject to hydrolysis) is 1. The third-order valence-electron chi connectivity index (χ3n) is 7.29. The van der Waals surface area contributed by atoms with Crippen molar-refractivity contribution < 1.29 is 29.3 Å². The fourth-order valence-electron chi connectivity index (χ4n) is 5.67. The van der Waals surface area contributed by atoms with Gasteiger partial charge >= 0.3 is 12.1 Å². The molecule has 1 saturated carbocycles. The smallest absolute Gasteiger partial charge is 0.407 e. The first-order valence-corrected chi connectivity index (χ1v) is 11.7. The molecule has 1 aliphatic heterocycles. The molecule has 0 unspecified atom stereocenters. The van der Waals surface area contributed by atoms with E-state index in [-0.39, 0.29) is 43.4 Å². The van der Waals surface area contributed by atoms with Crippen LogP contribution in [0, 0.1) is 5.92 Å². The van der Waals surface area contributed by atoms with Gasteiger partial charge in [0, 0.05) is 30.8 Å². The number of hydrogen-bond acceptors (Lipinski definition) is 5. The molecule has 8 nitrogen and oxygen atoms in total. The summed E-state index contributed by atoms with van der Waals surface area (Å²) in [4.78, 5) is 38.2. The number of β-amino-alcohol motifs (C(OH)–C–C–N with tert-alkyl or cyclic N) is 1. The number of rotatable bonds is 5. The Labute approximate surface area is 197 Å². The van der Waals surface area contributed by atoms with Gasteiger partial charge in [0.05, 0.1) is 6.10 Å². The lowest BCUT2D eigenvalue weighted by Gasteiger charge is -2.24. The van der Waals surface area contributed by atoms with E-state index in [1.165, 1.54) is 4.90 Å². The number of fused-ring (bicyclic) bond motifs is 3. The maximum atomic E-state index is 12.9. The van der Waals surface area contributed by atoms with Gasteiger partial charge < -0.3 is 25.2 Å². The molecular formula is C26H28N2O6. The quantitative estimate of drug-likeness (QED) is 0.627. The minimum Gasteiger partial charge on any atom is -0.480 e.